The smallest absolute Gasteiger partial charge is 0.0178 e. The van der Waals surface area contributed by atoms with E-state index in [-0.39, 0.29) is 0 Å². The van der Waals surface area contributed by atoms with Gasteiger partial charge in [-0.25, -0.2) is 0 Å². The first-order valence-corrected chi connectivity index (χ1v) is 9.22. The summed E-state index contributed by atoms with van der Waals surface area (Å²) in [6, 6.07) is 1.47. The Morgan fingerprint density at radius 2 is 1.79 bits per heavy atom. The summed E-state index contributed by atoms with van der Waals surface area (Å²) in [5, 5.41) is 4.11. The lowest BCUT2D eigenvalue weighted by Gasteiger charge is -2.47. The maximum Gasteiger partial charge on any atom is 0.0178 e. The van der Waals surface area contributed by atoms with Gasteiger partial charge in [-0.3, -0.25) is 0 Å². The molecule has 3 rings (SSSR count). The van der Waals surface area contributed by atoms with Crippen molar-refractivity contribution in [1.29, 1.82) is 0 Å². The van der Waals surface area contributed by atoms with E-state index in [1.807, 2.05) is 0 Å². The molecule has 4 atom stereocenters. The Morgan fingerprint density at radius 3 is 2.37 bits per heavy atom. The Bertz CT molecular complexity index is 358. The topological polar surface area (TPSA) is 12.0 Å². The van der Waals surface area contributed by atoms with Gasteiger partial charge in [0.25, 0.3) is 0 Å². The Morgan fingerprint density at radius 1 is 1.05 bits per heavy atom. The van der Waals surface area contributed by atoms with Crippen LogP contribution in [-0.4, -0.2) is 23.6 Å². The summed E-state index contributed by atoms with van der Waals surface area (Å²) in [5.41, 5.74) is 1.59. The quantitative estimate of drug-likeness (QED) is 0.809. The SMILES string of the molecule is CC1(C)CSCC(NC2C3(C)CCC(C3)C2(C)C)C1. The summed E-state index contributed by atoms with van der Waals surface area (Å²) in [4.78, 5) is 0. The minimum atomic E-state index is 0.499. The summed E-state index contributed by atoms with van der Waals surface area (Å²) in [5.74, 6) is 3.61. The minimum absolute atomic E-state index is 0.499. The first-order chi connectivity index (χ1) is 8.73. The molecule has 0 spiro atoms. The fourth-order valence-electron chi connectivity index (χ4n) is 5.32. The van der Waals surface area contributed by atoms with Crippen LogP contribution in [0, 0.1) is 22.2 Å². The van der Waals surface area contributed by atoms with Gasteiger partial charge in [-0.2, -0.15) is 11.8 Å². The van der Waals surface area contributed by atoms with Gasteiger partial charge in [0, 0.05) is 17.8 Å². The molecule has 1 heterocycles. The molecule has 0 aromatic heterocycles. The predicted molar refractivity (Wildman–Crippen MR) is 85.7 cm³/mol. The Balaban J connectivity index is 1.72. The van der Waals surface area contributed by atoms with Crippen molar-refractivity contribution in [3.05, 3.63) is 0 Å². The lowest BCUT2D eigenvalue weighted by atomic mass is 9.68. The number of fused-ring (bicyclic) bond motifs is 2. The highest BCUT2D eigenvalue weighted by atomic mass is 32.2. The summed E-state index contributed by atoms with van der Waals surface area (Å²) >= 11 is 2.15. The predicted octanol–water partition coefficient (Wildman–Crippen LogP) is 4.32. The number of nitrogens with one attached hydrogen (secondary N) is 1. The first-order valence-electron chi connectivity index (χ1n) is 8.07. The zero-order chi connectivity index (χ0) is 13.9. The second kappa shape index (κ2) is 4.40. The van der Waals surface area contributed by atoms with E-state index in [0.717, 1.165) is 18.0 Å². The van der Waals surface area contributed by atoms with Crippen molar-refractivity contribution >= 4 is 11.8 Å². The van der Waals surface area contributed by atoms with Gasteiger partial charge in [-0.1, -0.05) is 34.6 Å². The fraction of sp³-hybridized carbons (Fsp3) is 1.00. The maximum atomic E-state index is 4.11. The van der Waals surface area contributed by atoms with E-state index in [0.29, 0.717) is 16.2 Å². The Kier molecular flexibility index (Phi) is 3.30. The average Bonchev–Trinajstić information content (AvgIpc) is 2.74. The molecule has 2 heteroatoms. The van der Waals surface area contributed by atoms with Crippen LogP contribution >= 0.6 is 11.8 Å². The zero-order valence-corrected chi connectivity index (χ0v) is 14.2. The molecule has 3 aliphatic rings. The second-order valence-electron chi connectivity index (χ2n) is 9.10. The van der Waals surface area contributed by atoms with Gasteiger partial charge in [0.2, 0.25) is 0 Å². The van der Waals surface area contributed by atoms with Crippen LogP contribution in [0.5, 0.6) is 0 Å². The summed E-state index contributed by atoms with van der Waals surface area (Å²) < 4.78 is 0. The van der Waals surface area contributed by atoms with Gasteiger partial charge in [0.05, 0.1) is 0 Å². The van der Waals surface area contributed by atoms with Gasteiger partial charge < -0.3 is 5.32 Å². The highest BCUT2D eigenvalue weighted by molar-refractivity contribution is 7.99. The lowest BCUT2D eigenvalue weighted by Crippen LogP contribution is -2.56. The van der Waals surface area contributed by atoms with Crippen molar-refractivity contribution in [2.24, 2.45) is 22.2 Å². The van der Waals surface area contributed by atoms with Crippen LogP contribution in [0.25, 0.3) is 0 Å². The average molecular weight is 282 g/mol. The van der Waals surface area contributed by atoms with E-state index < -0.39 is 0 Å². The van der Waals surface area contributed by atoms with E-state index in [9.17, 15) is 0 Å². The van der Waals surface area contributed by atoms with Crippen LogP contribution in [0.2, 0.25) is 0 Å². The molecule has 19 heavy (non-hydrogen) atoms. The van der Waals surface area contributed by atoms with E-state index >= 15 is 0 Å². The van der Waals surface area contributed by atoms with Crippen LogP contribution in [0.1, 0.15) is 60.3 Å². The van der Waals surface area contributed by atoms with E-state index in [4.69, 9.17) is 0 Å². The highest BCUT2D eigenvalue weighted by Gasteiger charge is 2.59. The van der Waals surface area contributed by atoms with Gasteiger partial charge in [-0.05, 0) is 53.6 Å². The van der Waals surface area contributed by atoms with Crippen molar-refractivity contribution < 1.29 is 0 Å². The third-order valence-corrected chi connectivity index (χ3v) is 7.91. The molecule has 2 aliphatic carbocycles. The van der Waals surface area contributed by atoms with E-state index in [1.165, 1.54) is 37.2 Å². The first kappa shape index (κ1) is 14.3. The minimum Gasteiger partial charge on any atom is -0.309 e. The van der Waals surface area contributed by atoms with E-state index in [2.05, 4.69) is 51.7 Å². The van der Waals surface area contributed by atoms with Crippen molar-refractivity contribution in [2.75, 3.05) is 11.5 Å². The summed E-state index contributed by atoms with van der Waals surface area (Å²) in [7, 11) is 0. The van der Waals surface area contributed by atoms with Crippen LogP contribution in [0.4, 0.5) is 0 Å². The molecule has 1 saturated heterocycles. The molecule has 0 radical (unpaired) electrons. The molecule has 4 unspecified atom stereocenters. The molecule has 1 nitrogen and oxygen atoms in total. The zero-order valence-electron chi connectivity index (χ0n) is 13.4. The largest absolute Gasteiger partial charge is 0.309 e. The molecule has 0 amide bonds. The Hall–Kier alpha value is 0.310. The van der Waals surface area contributed by atoms with Crippen LogP contribution in [0.15, 0.2) is 0 Å². The van der Waals surface area contributed by atoms with Crippen molar-refractivity contribution in [2.45, 2.75) is 72.4 Å². The third-order valence-electron chi connectivity index (χ3n) is 6.28. The van der Waals surface area contributed by atoms with Crippen molar-refractivity contribution in [3.63, 3.8) is 0 Å². The summed E-state index contributed by atoms with van der Waals surface area (Å²) in [6.07, 6.45) is 5.73. The maximum absolute atomic E-state index is 4.11. The van der Waals surface area contributed by atoms with Crippen LogP contribution in [0.3, 0.4) is 0 Å². The molecule has 1 aliphatic heterocycles. The van der Waals surface area contributed by atoms with Gasteiger partial charge in [0.1, 0.15) is 0 Å². The molecule has 110 valence electrons. The number of thioether (sulfide) groups is 1. The third kappa shape index (κ3) is 2.37. The monoisotopic (exact) mass is 281 g/mol. The molecule has 0 aromatic rings. The second-order valence-corrected chi connectivity index (χ2v) is 10.1. The van der Waals surface area contributed by atoms with Gasteiger partial charge >= 0.3 is 0 Å². The van der Waals surface area contributed by atoms with Crippen molar-refractivity contribution in [1.82, 2.24) is 5.32 Å². The summed E-state index contributed by atoms with van der Waals surface area (Å²) in [6.45, 7) is 12.4. The van der Waals surface area contributed by atoms with E-state index in [1.54, 1.807) is 0 Å². The number of hydrogen-bond acceptors (Lipinski definition) is 2. The molecule has 2 bridgehead atoms. The lowest BCUT2D eigenvalue weighted by molar-refractivity contribution is 0.0941. The fourth-order valence-corrected chi connectivity index (χ4v) is 6.61. The normalized spacial score (nSPS) is 47.5. The van der Waals surface area contributed by atoms with Crippen LogP contribution in [-0.2, 0) is 0 Å². The van der Waals surface area contributed by atoms with Crippen LogP contribution < -0.4 is 5.32 Å². The van der Waals surface area contributed by atoms with Crippen molar-refractivity contribution in [3.8, 4) is 0 Å². The molecule has 0 aromatic carbocycles. The molecule has 3 fully saturated rings. The molecular weight excluding hydrogens is 250 g/mol. The van der Waals surface area contributed by atoms with Gasteiger partial charge in [0.15, 0.2) is 0 Å². The number of hydrogen-bond donors (Lipinski definition) is 1. The standard InChI is InChI=1S/C17H31NS/c1-15(2)9-13(10-19-11-15)18-14-16(3,4)12-6-7-17(14,5)8-12/h12-14,18H,6-11H2,1-5H3. The highest BCUT2D eigenvalue weighted by Crippen LogP contribution is 2.62. The molecule has 2 saturated carbocycles. The Labute approximate surface area is 123 Å². The van der Waals surface area contributed by atoms with Gasteiger partial charge in [-0.15, -0.1) is 0 Å². The number of rotatable bonds is 2. The molecular formula is C17H31NS. The molecule has 1 N–H and O–H groups in total.